The highest BCUT2D eigenvalue weighted by Crippen LogP contribution is 2.38. The van der Waals surface area contributed by atoms with Crippen LogP contribution in [-0.4, -0.2) is 9.97 Å². The van der Waals surface area contributed by atoms with Crippen molar-refractivity contribution in [1.82, 2.24) is 15.3 Å². The monoisotopic (exact) mass is 237 g/mol. The van der Waals surface area contributed by atoms with E-state index in [4.69, 9.17) is 9.97 Å². The first-order valence-corrected chi connectivity index (χ1v) is 6.48. The maximum atomic E-state index is 4.76. The highest BCUT2D eigenvalue weighted by molar-refractivity contribution is 5.44. The minimum absolute atomic E-state index is 0.408. The fourth-order valence-electron chi connectivity index (χ4n) is 3.01. The minimum Gasteiger partial charge on any atom is -0.307 e. The van der Waals surface area contributed by atoms with E-state index in [-0.39, 0.29) is 0 Å². The van der Waals surface area contributed by atoms with Crippen molar-refractivity contribution in [2.24, 2.45) is 0 Å². The van der Waals surface area contributed by atoms with E-state index in [1.807, 2.05) is 0 Å². The molecule has 1 aliphatic carbocycles. The van der Waals surface area contributed by atoms with Crippen LogP contribution >= 0.6 is 0 Å². The summed E-state index contributed by atoms with van der Waals surface area (Å²) in [5.74, 6) is 1.42. The van der Waals surface area contributed by atoms with E-state index >= 15 is 0 Å². The summed E-state index contributed by atoms with van der Waals surface area (Å²) in [5, 5.41) is 3.35. The SMILES string of the molecule is Cc1nc(C2Cc3ccccc32)nc2c1CNC2. The summed E-state index contributed by atoms with van der Waals surface area (Å²) in [6.45, 7) is 3.91. The molecule has 0 saturated carbocycles. The van der Waals surface area contributed by atoms with Crippen LogP contribution in [0.15, 0.2) is 24.3 Å². The molecular weight excluding hydrogens is 222 g/mol. The molecule has 1 aliphatic heterocycles. The van der Waals surface area contributed by atoms with Gasteiger partial charge < -0.3 is 5.32 Å². The van der Waals surface area contributed by atoms with Gasteiger partial charge in [-0.3, -0.25) is 0 Å². The molecule has 1 aromatic carbocycles. The van der Waals surface area contributed by atoms with Crippen LogP contribution in [-0.2, 0) is 19.5 Å². The fraction of sp³-hybridized carbons (Fsp3) is 0.333. The van der Waals surface area contributed by atoms with Crippen molar-refractivity contribution < 1.29 is 0 Å². The van der Waals surface area contributed by atoms with E-state index in [9.17, 15) is 0 Å². The summed E-state index contributed by atoms with van der Waals surface area (Å²) >= 11 is 0. The van der Waals surface area contributed by atoms with Crippen LogP contribution in [0, 0.1) is 6.92 Å². The molecule has 0 spiro atoms. The lowest BCUT2D eigenvalue weighted by molar-refractivity contribution is 0.650. The van der Waals surface area contributed by atoms with Gasteiger partial charge in [-0.15, -0.1) is 0 Å². The third-order valence-electron chi connectivity index (χ3n) is 4.08. The third-order valence-corrected chi connectivity index (χ3v) is 4.08. The Morgan fingerprint density at radius 3 is 2.94 bits per heavy atom. The molecule has 0 fully saturated rings. The Morgan fingerprint density at radius 1 is 1.17 bits per heavy atom. The number of rotatable bonds is 1. The molecule has 1 unspecified atom stereocenters. The molecule has 1 N–H and O–H groups in total. The molecule has 0 saturated heterocycles. The maximum absolute atomic E-state index is 4.76. The van der Waals surface area contributed by atoms with Gasteiger partial charge >= 0.3 is 0 Å². The zero-order valence-corrected chi connectivity index (χ0v) is 10.4. The highest BCUT2D eigenvalue weighted by atomic mass is 15.0. The Balaban J connectivity index is 1.78. The van der Waals surface area contributed by atoms with Gasteiger partial charge in [0.2, 0.25) is 0 Å². The first-order valence-electron chi connectivity index (χ1n) is 6.48. The zero-order valence-electron chi connectivity index (χ0n) is 10.4. The Hall–Kier alpha value is -1.74. The zero-order chi connectivity index (χ0) is 12.1. The average molecular weight is 237 g/mol. The number of aryl methyl sites for hydroxylation is 1. The van der Waals surface area contributed by atoms with E-state index in [0.29, 0.717) is 5.92 Å². The van der Waals surface area contributed by atoms with Gasteiger partial charge in [-0.05, 0) is 24.5 Å². The summed E-state index contributed by atoms with van der Waals surface area (Å²) < 4.78 is 0. The van der Waals surface area contributed by atoms with Gasteiger partial charge in [0.05, 0.1) is 5.69 Å². The summed E-state index contributed by atoms with van der Waals surface area (Å²) in [6, 6.07) is 8.61. The van der Waals surface area contributed by atoms with Gasteiger partial charge in [0.1, 0.15) is 5.82 Å². The number of hydrogen-bond acceptors (Lipinski definition) is 3. The largest absolute Gasteiger partial charge is 0.307 e. The van der Waals surface area contributed by atoms with E-state index in [2.05, 4.69) is 36.5 Å². The number of nitrogens with zero attached hydrogens (tertiary/aromatic N) is 2. The topological polar surface area (TPSA) is 37.8 Å². The lowest BCUT2D eigenvalue weighted by Crippen LogP contribution is -2.21. The summed E-state index contributed by atoms with van der Waals surface area (Å²) in [4.78, 5) is 9.48. The molecule has 2 aromatic rings. The van der Waals surface area contributed by atoms with Crippen molar-refractivity contribution in [1.29, 1.82) is 0 Å². The number of fused-ring (bicyclic) bond motifs is 2. The molecule has 18 heavy (non-hydrogen) atoms. The molecule has 1 aromatic heterocycles. The van der Waals surface area contributed by atoms with Gasteiger partial charge in [0, 0.05) is 30.3 Å². The summed E-state index contributed by atoms with van der Waals surface area (Å²) in [6.07, 6.45) is 1.09. The van der Waals surface area contributed by atoms with E-state index in [1.54, 1.807) is 0 Å². The Kier molecular flexibility index (Phi) is 2.06. The fourth-order valence-corrected chi connectivity index (χ4v) is 3.01. The summed E-state index contributed by atoms with van der Waals surface area (Å²) in [7, 11) is 0. The van der Waals surface area contributed by atoms with Crippen molar-refractivity contribution in [2.45, 2.75) is 32.4 Å². The van der Waals surface area contributed by atoms with Gasteiger partial charge in [-0.25, -0.2) is 9.97 Å². The van der Waals surface area contributed by atoms with Crippen molar-refractivity contribution in [3.8, 4) is 0 Å². The van der Waals surface area contributed by atoms with E-state index in [0.717, 1.165) is 31.0 Å². The van der Waals surface area contributed by atoms with Crippen LogP contribution in [0.3, 0.4) is 0 Å². The van der Waals surface area contributed by atoms with Crippen molar-refractivity contribution >= 4 is 0 Å². The van der Waals surface area contributed by atoms with Crippen molar-refractivity contribution in [3.63, 3.8) is 0 Å². The minimum atomic E-state index is 0.408. The van der Waals surface area contributed by atoms with Crippen molar-refractivity contribution in [2.75, 3.05) is 0 Å². The molecule has 0 radical (unpaired) electrons. The van der Waals surface area contributed by atoms with Crippen LogP contribution in [0.5, 0.6) is 0 Å². The number of hydrogen-bond donors (Lipinski definition) is 1. The number of nitrogens with one attached hydrogen (secondary N) is 1. The smallest absolute Gasteiger partial charge is 0.136 e. The summed E-state index contributed by atoms with van der Waals surface area (Å²) in [5.41, 5.74) is 6.49. The van der Waals surface area contributed by atoms with E-state index < -0.39 is 0 Å². The first-order chi connectivity index (χ1) is 8.83. The Bertz CT molecular complexity index is 634. The van der Waals surface area contributed by atoms with Crippen LogP contribution in [0.4, 0.5) is 0 Å². The molecular formula is C15H15N3. The third kappa shape index (κ3) is 1.34. The van der Waals surface area contributed by atoms with Crippen LogP contribution < -0.4 is 5.32 Å². The second-order valence-corrected chi connectivity index (χ2v) is 5.15. The van der Waals surface area contributed by atoms with E-state index in [1.165, 1.54) is 22.4 Å². The Morgan fingerprint density at radius 2 is 2.06 bits per heavy atom. The average Bonchev–Trinajstić information content (AvgIpc) is 2.79. The molecule has 3 nitrogen and oxygen atoms in total. The highest BCUT2D eigenvalue weighted by Gasteiger charge is 2.30. The second kappa shape index (κ2) is 3.62. The van der Waals surface area contributed by atoms with Gasteiger partial charge in [-0.1, -0.05) is 24.3 Å². The number of aromatic nitrogens is 2. The predicted molar refractivity (Wildman–Crippen MR) is 69.3 cm³/mol. The van der Waals surface area contributed by atoms with Gasteiger partial charge in [0.15, 0.2) is 0 Å². The maximum Gasteiger partial charge on any atom is 0.136 e. The lowest BCUT2D eigenvalue weighted by atomic mass is 9.77. The molecule has 2 heterocycles. The molecule has 1 atom stereocenters. The van der Waals surface area contributed by atoms with Crippen LogP contribution in [0.2, 0.25) is 0 Å². The second-order valence-electron chi connectivity index (χ2n) is 5.15. The lowest BCUT2D eigenvalue weighted by Gasteiger charge is -2.29. The Labute approximate surface area is 106 Å². The van der Waals surface area contributed by atoms with Crippen molar-refractivity contribution in [3.05, 3.63) is 58.2 Å². The van der Waals surface area contributed by atoms with Gasteiger partial charge in [-0.2, -0.15) is 0 Å². The van der Waals surface area contributed by atoms with Crippen LogP contribution in [0.25, 0.3) is 0 Å². The first kappa shape index (κ1) is 10.2. The standard InChI is InChI=1S/C15H15N3/c1-9-13-7-16-8-14(13)18-15(17-9)12-6-10-4-2-3-5-11(10)12/h2-5,12,16H,6-8H2,1H3. The molecule has 0 bridgehead atoms. The van der Waals surface area contributed by atoms with Gasteiger partial charge in [0.25, 0.3) is 0 Å². The molecule has 2 aliphatic rings. The molecule has 90 valence electrons. The van der Waals surface area contributed by atoms with Crippen LogP contribution in [0.1, 0.15) is 39.8 Å². The molecule has 4 rings (SSSR count). The number of benzene rings is 1. The predicted octanol–water partition coefficient (Wildman–Crippen LogP) is 2.08. The molecule has 0 amide bonds. The molecule has 3 heteroatoms. The normalized spacial score (nSPS) is 20.2. The quantitative estimate of drug-likeness (QED) is 0.825.